The molecule has 1 aliphatic carbocycles. The summed E-state index contributed by atoms with van der Waals surface area (Å²) in [7, 11) is 0. The Morgan fingerprint density at radius 3 is 3.06 bits per heavy atom. The normalized spacial score (nSPS) is 24.1. The monoisotopic (exact) mass is 272 g/mol. The third-order valence-corrected chi connectivity index (χ3v) is 4.83. The van der Waals surface area contributed by atoms with Crippen LogP contribution in [0.25, 0.3) is 0 Å². The fourth-order valence-electron chi connectivity index (χ4n) is 2.03. The van der Waals surface area contributed by atoms with Crippen molar-refractivity contribution in [3.8, 4) is 0 Å². The maximum absolute atomic E-state index is 11.9. The lowest BCUT2D eigenvalue weighted by Gasteiger charge is -2.31. The van der Waals surface area contributed by atoms with E-state index in [1.54, 1.807) is 0 Å². The van der Waals surface area contributed by atoms with Crippen LogP contribution in [0.5, 0.6) is 0 Å². The van der Waals surface area contributed by atoms with Crippen LogP contribution in [0.15, 0.2) is 0 Å². The maximum Gasteiger partial charge on any atom is 0.317 e. The average Bonchev–Trinajstić information content (AvgIpc) is 3.22. The van der Waals surface area contributed by atoms with Crippen molar-refractivity contribution in [2.24, 2.45) is 5.92 Å². The predicted octanol–water partition coefficient (Wildman–Crippen LogP) is 1.95. The molecule has 5 heteroatoms. The molecule has 2 aliphatic rings. The van der Waals surface area contributed by atoms with E-state index in [-0.39, 0.29) is 6.03 Å². The third-order valence-electron chi connectivity index (χ3n) is 3.45. The molecule has 4 nitrogen and oxygen atoms in total. The molecule has 0 radical (unpaired) electrons. The molecule has 0 aromatic rings. The van der Waals surface area contributed by atoms with Gasteiger partial charge in [0.1, 0.15) is 0 Å². The Balaban J connectivity index is 1.55. The summed E-state index contributed by atoms with van der Waals surface area (Å²) in [6.07, 6.45) is 3.77. The zero-order valence-corrected chi connectivity index (χ0v) is 12.0. The lowest BCUT2D eigenvalue weighted by molar-refractivity contribution is 0.124. The van der Waals surface area contributed by atoms with Crippen molar-refractivity contribution in [1.29, 1.82) is 0 Å². The van der Waals surface area contributed by atoms with Crippen LogP contribution in [0, 0.1) is 5.92 Å². The molecule has 0 aromatic heterocycles. The van der Waals surface area contributed by atoms with Gasteiger partial charge in [0, 0.05) is 37.2 Å². The molecule has 1 N–H and O–H groups in total. The van der Waals surface area contributed by atoms with Crippen LogP contribution in [-0.4, -0.2) is 54.8 Å². The highest BCUT2D eigenvalue weighted by Crippen LogP contribution is 2.28. The molecule has 0 unspecified atom stereocenters. The Kier molecular flexibility index (Phi) is 5.63. The van der Waals surface area contributed by atoms with Crippen molar-refractivity contribution in [3.05, 3.63) is 0 Å². The molecule has 0 bridgehead atoms. The molecule has 104 valence electrons. The van der Waals surface area contributed by atoms with Crippen molar-refractivity contribution in [2.45, 2.75) is 31.4 Å². The smallest absolute Gasteiger partial charge is 0.317 e. The highest BCUT2D eigenvalue weighted by Gasteiger charge is 2.23. The van der Waals surface area contributed by atoms with Gasteiger partial charge in [0.2, 0.25) is 0 Å². The lowest BCUT2D eigenvalue weighted by Crippen LogP contribution is -2.47. The second-order valence-corrected chi connectivity index (χ2v) is 6.51. The van der Waals surface area contributed by atoms with Crippen LogP contribution in [0.2, 0.25) is 0 Å². The Morgan fingerprint density at radius 2 is 2.33 bits per heavy atom. The number of hydrogen-bond acceptors (Lipinski definition) is 3. The van der Waals surface area contributed by atoms with E-state index < -0.39 is 0 Å². The minimum atomic E-state index is 0.0729. The molecule has 0 spiro atoms. The zero-order chi connectivity index (χ0) is 12.8. The fourth-order valence-corrected chi connectivity index (χ4v) is 3.21. The number of carbonyl (C=O) groups is 1. The fraction of sp³-hybridized carbons (Fsp3) is 0.923. The molecular formula is C13H24N2O2S. The van der Waals surface area contributed by atoms with Gasteiger partial charge in [0.05, 0.1) is 6.61 Å². The Bertz CT molecular complexity index is 272. The van der Waals surface area contributed by atoms with E-state index in [2.05, 4.69) is 12.2 Å². The van der Waals surface area contributed by atoms with Gasteiger partial charge in [-0.15, -0.1) is 0 Å². The van der Waals surface area contributed by atoms with Crippen LogP contribution in [-0.2, 0) is 4.74 Å². The summed E-state index contributed by atoms with van der Waals surface area (Å²) < 4.78 is 5.50. The first-order valence-corrected chi connectivity index (χ1v) is 8.06. The molecule has 2 rings (SSSR count). The van der Waals surface area contributed by atoms with E-state index in [9.17, 15) is 4.79 Å². The van der Waals surface area contributed by atoms with Crippen molar-refractivity contribution in [3.63, 3.8) is 0 Å². The number of carbonyl (C=O) groups excluding carboxylic acids is 1. The van der Waals surface area contributed by atoms with Crippen LogP contribution in [0.3, 0.4) is 0 Å². The molecule has 1 saturated heterocycles. The number of ether oxygens (including phenoxy) is 1. The van der Waals surface area contributed by atoms with Gasteiger partial charge in [-0.2, -0.15) is 11.8 Å². The van der Waals surface area contributed by atoms with Crippen molar-refractivity contribution in [1.82, 2.24) is 10.2 Å². The highest BCUT2D eigenvalue weighted by molar-refractivity contribution is 8.00. The molecule has 0 aromatic carbocycles. The molecule has 1 saturated carbocycles. The van der Waals surface area contributed by atoms with E-state index in [0.717, 1.165) is 37.8 Å². The summed E-state index contributed by atoms with van der Waals surface area (Å²) in [5.41, 5.74) is 0. The summed E-state index contributed by atoms with van der Waals surface area (Å²) in [5.74, 6) is 1.86. The third kappa shape index (κ3) is 4.69. The number of rotatable bonds is 6. The Labute approximate surface area is 114 Å². The number of amides is 2. The lowest BCUT2D eigenvalue weighted by atomic mass is 10.3. The second-order valence-electron chi connectivity index (χ2n) is 5.10. The standard InChI is InChI=1S/C13H24N2O2S/c1-2-12-9-15(6-8-18-12)13(16)14-5-7-17-10-11-3-4-11/h11-12H,2-10H2,1H3,(H,14,16)/t12-/m1/s1. The van der Waals surface area contributed by atoms with Crippen LogP contribution in [0.1, 0.15) is 26.2 Å². The van der Waals surface area contributed by atoms with Gasteiger partial charge in [-0.05, 0) is 25.2 Å². The van der Waals surface area contributed by atoms with Crippen molar-refractivity contribution in [2.75, 3.05) is 38.6 Å². The van der Waals surface area contributed by atoms with Gasteiger partial charge < -0.3 is 15.0 Å². The van der Waals surface area contributed by atoms with E-state index in [1.165, 1.54) is 12.8 Å². The number of urea groups is 1. The SMILES string of the molecule is CC[C@@H]1CN(C(=O)NCCOCC2CC2)CCS1. The minimum absolute atomic E-state index is 0.0729. The van der Waals surface area contributed by atoms with E-state index in [0.29, 0.717) is 18.4 Å². The van der Waals surface area contributed by atoms with Crippen molar-refractivity contribution < 1.29 is 9.53 Å². The van der Waals surface area contributed by atoms with Crippen LogP contribution in [0.4, 0.5) is 4.79 Å². The minimum Gasteiger partial charge on any atom is -0.379 e. The Hall–Kier alpha value is -0.420. The highest BCUT2D eigenvalue weighted by atomic mass is 32.2. The van der Waals surface area contributed by atoms with E-state index in [1.807, 2.05) is 16.7 Å². The average molecular weight is 272 g/mol. The Morgan fingerprint density at radius 1 is 1.50 bits per heavy atom. The molecule has 2 amide bonds. The molecular weight excluding hydrogens is 248 g/mol. The van der Waals surface area contributed by atoms with Gasteiger partial charge in [-0.3, -0.25) is 0 Å². The van der Waals surface area contributed by atoms with Crippen LogP contribution >= 0.6 is 11.8 Å². The predicted molar refractivity (Wildman–Crippen MR) is 75.1 cm³/mol. The molecule has 1 aliphatic heterocycles. The molecule has 1 atom stereocenters. The largest absolute Gasteiger partial charge is 0.379 e. The summed E-state index contributed by atoms with van der Waals surface area (Å²) >= 11 is 1.98. The molecule has 18 heavy (non-hydrogen) atoms. The number of nitrogens with zero attached hydrogens (tertiary/aromatic N) is 1. The van der Waals surface area contributed by atoms with Gasteiger partial charge >= 0.3 is 6.03 Å². The first-order chi connectivity index (χ1) is 8.79. The number of hydrogen-bond donors (Lipinski definition) is 1. The van der Waals surface area contributed by atoms with Crippen LogP contribution < -0.4 is 5.32 Å². The second kappa shape index (κ2) is 7.24. The molecule has 2 fully saturated rings. The van der Waals surface area contributed by atoms with E-state index >= 15 is 0 Å². The quantitative estimate of drug-likeness (QED) is 0.751. The first-order valence-electron chi connectivity index (χ1n) is 7.01. The summed E-state index contributed by atoms with van der Waals surface area (Å²) in [4.78, 5) is 13.9. The topological polar surface area (TPSA) is 41.6 Å². The van der Waals surface area contributed by atoms with Gasteiger partial charge in [-0.1, -0.05) is 6.92 Å². The zero-order valence-electron chi connectivity index (χ0n) is 11.2. The van der Waals surface area contributed by atoms with Gasteiger partial charge in [-0.25, -0.2) is 4.79 Å². The molecule has 1 heterocycles. The maximum atomic E-state index is 11.9. The summed E-state index contributed by atoms with van der Waals surface area (Å²) in [5, 5.41) is 3.55. The first kappa shape index (κ1) is 14.0. The van der Waals surface area contributed by atoms with Gasteiger partial charge in [0.15, 0.2) is 0 Å². The summed E-state index contributed by atoms with van der Waals surface area (Å²) in [6, 6.07) is 0.0729. The number of nitrogens with one attached hydrogen (secondary N) is 1. The van der Waals surface area contributed by atoms with Crippen molar-refractivity contribution >= 4 is 17.8 Å². The van der Waals surface area contributed by atoms with Gasteiger partial charge in [0.25, 0.3) is 0 Å². The number of thioether (sulfide) groups is 1. The summed E-state index contributed by atoms with van der Waals surface area (Å²) in [6.45, 7) is 6.08. The van der Waals surface area contributed by atoms with E-state index in [4.69, 9.17) is 4.74 Å².